The number of methoxy groups -OCH3 is 1. The number of nitrogens with two attached hydrogens (primary N) is 1. The maximum absolute atomic E-state index is 12.1. The van der Waals surface area contributed by atoms with Gasteiger partial charge in [-0.25, -0.2) is 4.79 Å². The Balaban J connectivity index is 2.17. The zero-order chi connectivity index (χ0) is 18.0. The quantitative estimate of drug-likeness (QED) is 0.742. The smallest absolute Gasteiger partial charge is 0.357 e. The summed E-state index contributed by atoms with van der Waals surface area (Å²) < 4.78 is 6.41. The molecule has 124 valence electrons. The molecular weight excluding hydrogens is 314 g/mol. The van der Waals surface area contributed by atoms with E-state index < -0.39 is 5.97 Å². The molecule has 5 heteroatoms. The van der Waals surface area contributed by atoms with E-state index in [0.717, 1.165) is 22.4 Å². The predicted octanol–water partition coefficient (Wildman–Crippen LogP) is 3.69. The maximum atomic E-state index is 12.1. The Morgan fingerprint density at radius 2 is 1.84 bits per heavy atom. The number of esters is 1. The van der Waals surface area contributed by atoms with Gasteiger partial charge in [0.25, 0.3) is 0 Å². The van der Waals surface area contributed by atoms with Crippen LogP contribution in [-0.4, -0.2) is 17.6 Å². The number of nitriles is 1. The topological polar surface area (TPSA) is 81.0 Å². The molecule has 0 saturated carbocycles. The molecule has 5 nitrogen and oxygen atoms in total. The summed E-state index contributed by atoms with van der Waals surface area (Å²) in [7, 11) is 1.29. The predicted molar refractivity (Wildman–Crippen MR) is 96.4 cm³/mol. The number of hydrogen-bond acceptors (Lipinski definition) is 4. The first-order valence-electron chi connectivity index (χ1n) is 7.72. The molecular formula is C20H17N3O2. The Labute approximate surface area is 145 Å². The number of carbonyl (C=O) groups excluding carboxylic acids is 1. The minimum atomic E-state index is -0.583. The summed E-state index contributed by atoms with van der Waals surface area (Å²) in [6.07, 6.45) is 1.55. The largest absolute Gasteiger partial charge is 0.464 e. The number of hydrogen-bond donors (Lipinski definition) is 1. The van der Waals surface area contributed by atoms with Crippen LogP contribution in [0.1, 0.15) is 21.6 Å². The molecule has 25 heavy (non-hydrogen) atoms. The minimum absolute atomic E-state index is 0.121. The summed E-state index contributed by atoms with van der Waals surface area (Å²) in [5, 5.41) is 9.23. The van der Waals surface area contributed by atoms with E-state index in [-0.39, 0.29) is 16.9 Å². The Morgan fingerprint density at radius 3 is 2.48 bits per heavy atom. The molecule has 0 aliphatic carbocycles. The maximum Gasteiger partial charge on any atom is 0.357 e. The Morgan fingerprint density at radius 1 is 1.16 bits per heavy atom. The van der Waals surface area contributed by atoms with Crippen molar-refractivity contribution in [2.24, 2.45) is 0 Å². The third kappa shape index (κ3) is 2.98. The van der Waals surface area contributed by atoms with Gasteiger partial charge in [-0.3, -0.25) is 0 Å². The number of aryl methyl sites for hydroxylation is 1. The van der Waals surface area contributed by atoms with Crippen molar-refractivity contribution < 1.29 is 9.53 Å². The molecule has 0 atom stereocenters. The molecule has 0 unspecified atom stereocenters. The number of carbonyl (C=O) groups is 1. The van der Waals surface area contributed by atoms with Crippen LogP contribution < -0.4 is 5.73 Å². The lowest BCUT2D eigenvalue weighted by molar-refractivity contribution is 0.0593. The van der Waals surface area contributed by atoms with Crippen molar-refractivity contribution in [2.45, 2.75) is 6.92 Å². The molecule has 0 amide bonds. The normalized spacial score (nSPS) is 10.3. The summed E-state index contributed by atoms with van der Waals surface area (Å²) in [5.41, 5.74) is 10.4. The van der Waals surface area contributed by atoms with Crippen LogP contribution >= 0.6 is 0 Å². The number of aromatic nitrogens is 1. The number of ether oxygens (including phenoxy) is 1. The molecule has 1 heterocycles. The minimum Gasteiger partial charge on any atom is -0.464 e. The van der Waals surface area contributed by atoms with Gasteiger partial charge in [-0.15, -0.1) is 0 Å². The number of nitrogens with zero attached hydrogens (tertiary/aromatic N) is 2. The van der Waals surface area contributed by atoms with Gasteiger partial charge in [0.1, 0.15) is 6.07 Å². The van der Waals surface area contributed by atoms with E-state index in [1.165, 1.54) is 7.11 Å². The molecule has 0 fully saturated rings. The number of anilines is 1. The molecule has 0 spiro atoms. The van der Waals surface area contributed by atoms with Crippen LogP contribution in [0.2, 0.25) is 0 Å². The van der Waals surface area contributed by atoms with Gasteiger partial charge in [0.2, 0.25) is 0 Å². The fourth-order valence-corrected chi connectivity index (χ4v) is 2.78. The van der Waals surface area contributed by atoms with Crippen molar-refractivity contribution in [2.75, 3.05) is 12.8 Å². The van der Waals surface area contributed by atoms with Gasteiger partial charge in [0.05, 0.1) is 18.4 Å². The van der Waals surface area contributed by atoms with Crippen LogP contribution in [0.5, 0.6) is 0 Å². The lowest BCUT2D eigenvalue weighted by Crippen LogP contribution is -2.11. The van der Waals surface area contributed by atoms with E-state index >= 15 is 0 Å². The van der Waals surface area contributed by atoms with Gasteiger partial charge in [-0.1, -0.05) is 42.0 Å². The fraction of sp³-hybridized carbons (Fsp3) is 0.100. The molecule has 0 aliphatic heterocycles. The molecule has 1 aromatic heterocycles. The highest BCUT2D eigenvalue weighted by Crippen LogP contribution is 2.28. The van der Waals surface area contributed by atoms with Crippen LogP contribution in [0.3, 0.4) is 0 Å². The van der Waals surface area contributed by atoms with Crippen molar-refractivity contribution >= 4 is 11.7 Å². The van der Waals surface area contributed by atoms with Gasteiger partial charge in [0, 0.05) is 11.9 Å². The second-order valence-electron chi connectivity index (χ2n) is 5.70. The van der Waals surface area contributed by atoms with E-state index in [0.29, 0.717) is 0 Å². The van der Waals surface area contributed by atoms with Crippen molar-refractivity contribution in [1.29, 1.82) is 5.26 Å². The van der Waals surface area contributed by atoms with Crippen molar-refractivity contribution in [3.05, 3.63) is 71.5 Å². The van der Waals surface area contributed by atoms with Gasteiger partial charge >= 0.3 is 5.97 Å². The van der Waals surface area contributed by atoms with Crippen molar-refractivity contribution in [3.8, 4) is 22.9 Å². The zero-order valence-electron chi connectivity index (χ0n) is 14.0. The second kappa shape index (κ2) is 6.54. The van der Waals surface area contributed by atoms with E-state index in [9.17, 15) is 10.1 Å². The van der Waals surface area contributed by atoms with Crippen LogP contribution in [0.4, 0.5) is 5.69 Å². The third-order valence-electron chi connectivity index (χ3n) is 4.02. The second-order valence-corrected chi connectivity index (χ2v) is 5.70. The number of rotatable bonds is 3. The number of nitrogen functional groups attached to an aromatic ring is 1. The molecule has 0 bridgehead atoms. The molecule has 0 radical (unpaired) electrons. The summed E-state index contributed by atoms with van der Waals surface area (Å²) in [6.45, 7) is 2.04. The SMILES string of the molecule is COC(=O)c1c(N)c(C#N)cn1-c1cccc(-c2cccc(C)c2)c1. The first-order valence-corrected chi connectivity index (χ1v) is 7.72. The van der Waals surface area contributed by atoms with Gasteiger partial charge in [-0.2, -0.15) is 5.26 Å². The summed E-state index contributed by atoms with van der Waals surface area (Å²) in [6, 6.07) is 17.8. The summed E-state index contributed by atoms with van der Waals surface area (Å²) in [4.78, 5) is 12.1. The molecule has 3 aromatic rings. The Hall–Kier alpha value is -3.52. The standard InChI is InChI=1S/C20H17N3O2/c1-13-5-3-6-14(9-13)15-7-4-8-17(10-15)23-12-16(11-21)18(22)19(23)20(24)25-2/h3-10,12H,22H2,1-2H3. The van der Waals surface area contributed by atoms with Crippen LogP contribution in [0.25, 0.3) is 16.8 Å². The van der Waals surface area contributed by atoms with Gasteiger partial charge < -0.3 is 15.0 Å². The first kappa shape index (κ1) is 16.3. The zero-order valence-corrected chi connectivity index (χ0v) is 14.0. The molecule has 0 aliphatic rings. The first-order chi connectivity index (χ1) is 12.0. The third-order valence-corrected chi connectivity index (χ3v) is 4.02. The van der Waals surface area contributed by atoms with E-state index in [1.807, 2.05) is 55.5 Å². The van der Waals surface area contributed by atoms with E-state index in [1.54, 1.807) is 10.8 Å². The summed E-state index contributed by atoms with van der Waals surface area (Å²) >= 11 is 0. The van der Waals surface area contributed by atoms with Crippen molar-refractivity contribution in [3.63, 3.8) is 0 Å². The highest BCUT2D eigenvalue weighted by Gasteiger charge is 2.21. The van der Waals surface area contributed by atoms with Crippen LogP contribution in [-0.2, 0) is 4.74 Å². The Kier molecular flexibility index (Phi) is 4.27. The molecule has 3 rings (SSSR count). The highest BCUT2D eigenvalue weighted by molar-refractivity contribution is 5.96. The molecule has 2 aromatic carbocycles. The molecule has 2 N–H and O–H groups in total. The van der Waals surface area contributed by atoms with Crippen LogP contribution in [0, 0.1) is 18.3 Å². The highest BCUT2D eigenvalue weighted by atomic mass is 16.5. The van der Waals surface area contributed by atoms with E-state index in [4.69, 9.17) is 10.5 Å². The lowest BCUT2D eigenvalue weighted by Gasteiger charge is -2.10. The average molecular weight is 331 g/mol. The summed E-state index contributed by atoms with van der Waals surface area (Å²) in [5.74, 6) is -0.583. The monoisotopic (exact) mass is 331 g/mol. The molecule has 0 saturated heterocycles. The van der Waals surface area contributed by atoms with E-state index in [2.05, 4.69) is 6.07 Å². The lowest BCUT2D eigenvalue weighted by atomic mass is 10.0. The van der Waals surface area contributed by atoms with Gasteiger partial charge in [0.15, 0.2) is 5.69 Å². The van der Waals surface area contributed by atoms with Crippen molar-refractivity contribution in [1.82, 2.24) is 4.57 Å². The fourth-order valence-electron chi connectivity index (χ4n) is 2.78. The Bertz CT molecular complexity index is 996. The average Bonchev–Trinajstić information content (AvgIpc) is 2.97. The van der Waals surface area contributed by atoms with Gasteiger partial charge in [-0.05, 0) is 30.2 Å². The number of benzene rings is 2. The van der Waals surface area contributed by atoms with Crippen LogP contribution in [0.15, 0.2) is 54.7 Å².